The number of hydrogen-bond donors (Lipinski definition) is 1. The van der Waals surface area contributed by atoms with E-state index in [0.29, 0.717) is 6.79 Å². The molecular formula is C14H21NO3. The highest BCUT2D eigenvalue weighted by atomic mass is 16.7. The van der Waals surface area contributed by atoms with Crippen LogP contribution in [0.15, 0.2) is 24.3 Å². The Hall–Kier alpha value is -1.10. The van der Waals surface area contributed by atoms with Gasteiger partial charge in [-0.05, 0) is 31.0 Å². The highest BCUT2D eigenvalue weighted by Crippen LogP contribution is 2.17. The molecule has 1 unspecified atom stereocenters. The molecule has 1 heterocycles. The largest absolute Gasteiger partial charge is 0.496 e. The molecule has 0 aliphatic carbocycles. The molecule has 1 N–H and O–H groups in total. The van der Waals surface area contributed by atoms with Gasteiger partial charge in [0.1, 0.15) is 12.5 Å². The fourth-order valence-corrected chi connectivity index (χ4v) is 2.06. The normalized spacial score (nSPS) is 19.7. The summed E-state index contributed by atoms with van der Waals surface area (Å²) < 4.78 is 15.9. The van der Waals surface area contributed by atoms with Crippen LogP contribution in [0.4, 0.5) is 0 Å². The third-order valence-corrected chi connectivity index (χ3v) is 3.11. The molecule has 1 fully saturated rings. The second kappa shape index (κ2) is 7.36. The summed E-state index contributed by atoms with van der Waals surface area (Å²) in [5.41, 5.74) is 1.24. The summed E-state index contributed by atoms with van der Waals surface area (Å²) in [7, 11) is 1.71. The Morgan fingerprint density at radius 2 is 2.28 bits per heavy atom. The lowest BCUT2D eigenvalue weighted by molar-refractivity contribution is -0.137. The van der Waals surface area contributed by atoms with E-state index in [1.54, 1.807) is 7.11 Å². The Labute approximate surface area is 108 Å². The molecule has 1 aromatic rings. The van der Waals surface area contributed by atoms with Gasteiger partial charge in [-0.3, -0.25) is 0 Å². The summed E-state index contributed by atoms with van der Waals surface area (Å²) in [4.78, 5) is 0. The average Bonchev–Trinajstić information content (AvgIpc) is 2.45. The molecule has 18 heavy (non-hydrogen) atoms. The van der Waals surface area contributed by atoms with Crippen molar-refractivity contribution in [2.45, 2.75) is 18.9 Å². The second-order valence-electron chi connectivity index (χ2n) is 4.37. The van der Waals surface area contributed by atoms with Crippen LogP contribution in [0, 0.1) is 0 Å². The number of para-hydroxylation sites is 1. The number of benzene rings is 1. The summed E-state index contributed by atoms with van der Waals surface area (Å²) in [6, 6.07) is 8.13. The molecule has 4 heteroatoms. The third-order valence-electron chi connectivity index (χ3n) is 3.11. The van der Waals surface area contributed by atoms with E-state index in [1.165, 1.54) is 5.56 Å². The minimum Gasteiger partial charge on any atom is -0.496 e. The molecule has 2 rings (SSSR count). The van der Waals surface area contributed by atoms with Crippen molar-refractivity contribution < 1.29 is 14.2 Å². The van der Waals surface area contributed by atoms with E-state index in [4.69, 9.17) is 14.2 Å². The number of methoxy groups -OCH3 is 1. The first-order chi connectivity index (χ1) is 8.90. The van der Waals surface area contributed by atoms with Gasteiger partial charge in [-0.15, -0.1) is 0 Å². The first-order valence-corrected chi connectivity index (χ1v) is 6.42. The molecule has 0 saturated carbocycles. The lowest BCUT2D eigenvalue weighted by atomic mass is 10.1. The Kier molecular flexibility index (Phi) is 5.45. The van der Waals surface area contributed by atoms with Crippen LogP contribution in [0.25, 0.3) is 0 Å². The van der Waals surface area contributed by atoms with Crippen LogP contribution in [0.1, 0.15) is 12.0 Å². The number of ether oxygens (including phenoxy) is 3. The highest BCUT2D eigenvalue weighted by molar-refractivity contribution is 5.33. The smallest absolute Gasteiger partial charge is 0.147 e. The van der Waals surface area contributed by atoms with Crippen molar-refractivity contribution in [2.75, 3.05) is 33.6 Å². The zero-order valence-electron chi connectivity index (χ0n) is 10.9. The van der Waals surface area contributed by atoms with Crippen molar-refractivity contribution >= 4 is 0 Å². The van der Waals surface area contributed by atoms with Crippen molar-refractivity contribution in [1.82, 2.24) is 5.32 Å². The first-order valence-electron chi connectivity index (χ1n) is 6.42. The second-order valence-corrected chi connectivity index (χ2v) is 4.37. The molecular weight excluding hydrogens is 230 g/mol. The van der Waals surface area contributed by atoms with Crippen LogP contribution >= 0.6 is 0 Å². The van der Waals surface area contributed by atoms with E-state index in [9.17, 15) is 0 Å². The lowest BCUT2D eigenvalue weighted by Crippen LogP contribution is -2.34. The standard InChI is InChI=1S/C14H21NO3/c1-16-14-5-3-2-4-12(14)6-8-15-10-13-7-9-17-11-18-13/h2-5,13,15H,6-11H2,1H3. The van der Waals surface area contributed by atoms with Crippen LogP contribution < -0.4 is 10.1 Å². The maximum absolute atomic E-state index is 5.47. The number of hydrogen-bond acceptors (Lipinski definition) is 4. The predicted molar refractivity (Wildman–Crippen MR) is 69.9 cm³/mol. The van der Waals surface area contributed by atoms with Gasteiger partial charge < -0.3 is 19.5 Å². The molecule has 0 aromatic heterocycles. The fraction of sp³-hybridized carbons (Fsp3) is 0.571. The topological polar surface area (TPSA) is 39.7 Å². The SMILES string of the molecule is COc1ccccc1CCNCC1CCOCO1. The Morgan fingerprint density at radius 1 is 1.39 bits per heavy atom. The predicted octanol–water partition coefficient (Wildman–Crippen LogP) is 1.59. The van der Waals surface area contributed by atoms with Gasteiger partial charge in [-0.1, -0.05) is 18.2 Å². The highest BCUT2D eigenvalue weighted by Gasteiger charge is 2.13. The molecule has 0 amide bonds. The summed E-state index contributed by atoms with van der Waals surface area (Å²) in [5, 5.41) is 3.42. The van der Waals surface area contributed by atoms with Crippen molar-refractivity contribution in [2.24, 2.45) is 0 Å². The molecule has 1 atom stereocenters. The van der Waals surface area contributed by atoms with Crippen LogP contribution in [0.2, 0.25) is 0 Å². The van der Waals surface area contributed by atoms with Gasteiger partial charge in [-0.2, -0.15) is 0 Å². The van der Waals surface area contributed by atoms with E-state index in [2.05, 4.69) is 11.4 Å². The molecule has 1 saturated heterocycles. The summed E-state index contributed by atoms with van der Waals surface area (Å²) in [5.74, 6) is 0.960. The van der Waals surface area contributed by atoms with Crippen LogP contribution in [-0.2, 0) is 15.9 Å². The monoisotopic (exact) mass is 251 g/mol. The van der Waals surface area contributed by atoms with Crippen LogP contribution in [-0.4, -0.2) is 39.7 Å². The molecule has 0 radical (unpaired) electrons. The van der Waals surface area contributed by atoms with Gasteiger partial charge in [0.15, 0.2) is 0 Å². The van der Waals surface area contributed by atoms with Crippen molar-refractivity contribution in [3.8, 4) is 5.75 Å². The molecule has 4 nitrogen and oxygen atoms in total. The van der Waals surface area contributed by atoms with E-state index >= 15 is 0 Å². The minimum atomic E-state index is 0.288. The van der Waals surface area contributed by atoms with E-state index in [0.717, 1.165) is 38.3 Å². The minimum absolute atomic E-state index is 0.288. The molecule has 1 aliphatic heterocycles. The summed E-state index contributed by atoms with van der Waals surface area (Å²) >= 11 is 0. The quantitative estimate of drug-likeness (QED) is 0.779. The lowest BCUT2D eigenvalue weighted by Gasteiger charge is -2.23. The summed E-state index contributed by atoms with van der Waals surface area (Å²) in [6.07, 6.45) is 2.23. The number of nitrogens with one attached hydrogen (secondary N) is 1. The Balaban J connectivity index is 1.68. The van der Waals surface area contributed by atoms with Crippen LogP contribution in [0.3, 0.4) is 0 Å². The third kappa shape index (κ3) is 3.98. The van der Waals surface area contributed by atoms with Crippen LogP contribution in [0.5, 0.6) is 5.75 Å². The Bertz CT molecular complexity index is 351. The van der Waals surface area contributed by atoms with Gasteiger partial charge in [0.2, 0.25) is 0 Å². The zero-order chi connectivity index (χ0) is 12.6. The van der Waals surface area contributed by atoms with E-state index < -0.39 is 0 Å². The van der Waals surface area contributed by atoms with Crippen molar-refractivity contribution in [3.05, 3.63) is 29.8 Å². The average molecular weight is 251 g/mol. The van der Waals surface area contributed by atoms with Gasteiger partial charge in [0.05, 0.1) is 19.8 Å². The molecule has 0 bridgehead atoms. The first kappa shape index (κ1) is 13.3. The fourth-order valence-electron chi connectivity index (χ4n) is 2.06. The molecule has 100 valence electrons. The van der Waals surface area contributed by atoms with Gasteiger partial charge in [0, 0.05) is 6.54 Å². The van der Waals surface area contributed by atoms with Gasteiger partial charge in [-0.25, -0.2) is 0 Å². The maximum atomic E-state index is 5.47. The summed E-state index contributed by atoms with van der Waals surface area (Å²) in [6.45, 7) is 3.05. The van der Waals surface area contributed by atoms with E-state index in [1.807, 2.05) is 18.2 Å². The van der Waals surface area contributed by atoms with Gasteiger partial charge in [0.25, 0.3) is 0 Å². The molecule has 1 aliphatic rings. The van der Waals surface area contributed by atoms with E-state index in [-0.39, 0.29) is 6.10 Å². The number of rotatable bonds is 6. The molecule has 1 aromatic carbocycles. The van der Waals surface area contributed by atoms with Crippen molar-refractivity contribution in [1.29, 1.82) is 0 Å². The maximum Gasteiger partial charge on any atom is 0.147 e. The van der Waals surface area contributed by atoms with Crippen molar-refractivity contribution in [3.63, 3.8) is 0 Å². The Morgan fingerprint density at radius 3 is 3.06 bits per heavy atom. The zero-order valence-corrected chi connectivity index (χ0v) is 10.9. The van der Waals surface area contributed by atoms with Gasteiger partial charge >= 0.3 is 0 Å². The molecule has 0 spiro atoms.